The van der Waals surface area contributed by atoms with Crippen LogP contribution in [0.5, 0.6) is 0 Å². The van der Waals surface area contributed by atoms with Crippen molar-refractivity contribution in [3.05, 3.63) is 27.8 Å². The molecule has 0 spiro atoms. The standard InChI is InChI=1S/C10H11IN2.ClH/c11-8-3-5-9(6-4-8)13-10-2-1-7-12-10;/h3-6H,1-2,7H2,(H,12,13);1H. The van der Waals surface area contributed by atoms with E-state index in [1.165, 1.54) is 9.99 Å². The van der Waals surface area contributed by atoms with Crippen molar-refractivity contribution in [3.63, 3.8) is 0 Å². The van der Waals surface area contributed by atoms with Gasteiger partial charge in [-0.3, -0.25) is 4.99 Å². The van der Waals surface area contributed by atoms with E-state index in [9.17, 15) is 0 Å². The third-order valence-corrected chi connectivity index (χ3v) is 2.73. The predicted molar refractivity (Wildman–Crippen MR) is 71.6 cm³/mol. The van der Waals surface area contributed by atoms with Gasteiger partial charge in [0.2, 0.25) is 0 Å². The fourth-order valence-electron chi connectivity index (χ4n) is 1.34. The molecule has 1 N–H and O–H groups in total. The first-order chi connectivity index (χ1) is 6.34. The Balaban J connectivity index is 0.000000980. The summed E-state index contributed by atoms with van der Waals surface area (Å²) in [5, 5.41) is 3.31. The van der Waals surface area contributed by atoms with Gasteiger partial charge in [-0.05, 0) is 53.3 Å². The van der Waals surface area contributed by atoms with E-state index in [0.29, 0.717) is 0 Å². The number of nitrogens with zero attached hydrogens (tertiary/aromatic N) is 1. The fourth-order valence-corrected chi connectivity index (χ4v) is 1.70. The maximum atomic E-state index is 4.36. The van der Waals surface area contributed by atoms with Gasteiger partial charge < -0.3 is 5.32 Å². The van der Waals surface area contributed by atoms with Gasteiger partial charge in [-0.25, -0.2) is 0 Å². The molecule has 0 radical (unpaired) electrons. The van der Waals surface area contributed by atoms with Crippen molar-refractivity contribution in [2.24, 2.45) is 4.99 Å². The van der Waals surface area contributed by atoms with Crippen LogP contribution in [0.3, 0.4) is 0 Å². The number of nitrogens with one attached hydrogen (secondary N) is 1. The highest BCUT2D eigenvalue weighted by Crippen LogP contribution is 2.13. The molecule has 14 heavy (non-hydrogen) atoms. The van der Waals surface area contributed by atoms with Crippen LogP contribution in [0, 0.1) is 3.57 Å². The van der Waals surface area contributed by atoms with Crippen molar-refractivity contribution < 1.29 is 0 Å². The average molecular weight is 323 g/mol. The molecular formula is C10H12ClIN2. The highest BCUT2D eigenvalue weighted by atomic mass is 127. The molecule has 1 aromatic carbocycles. The summed E-state index contributed by atoms with van der Waals surface area (Å²) in [5.74, 6) is 1.13. The SMILES string of the molecule is Cl.Ic1ccc(NC2=NCCC2)cc1. The summed E-state index contributed by atoms with van der Waals surface area (Å²) in [6.45, 7) is 0.979. The van der Waals surface area contributed by atoms with Crippen molar-refractivity contribution in [2.75, 3.05) is 11.9 Å². The second-order valence-corrected chi connectivity index (χ2v) is 4.31. The zero-order valence-corrected chi connectivity index (χ0v) is 10.6. The number of hydrogen-bond donors (Lipinski definition) is 1. The molecule has 2 nitrogen and oxygen atoms in total. The number of amidine groups is 1. The molecule has 0 aromatic heterocycles. The van der Waals surface area contributed by atoms with Gasteiger partial charge >= 0.3 is 0 Å². The molecule has 0 atom stereocenters. The van der Waals surface area contributed by atoms with E-state index in [1.54, 1.807) is 0 Å². The molecule has 0 aliphatic carbocycles. The van der Waals surface area contributed by atoms with Crippen LogP contribution >= 0.6 is 35.0 Å². The lowest BCUT2D eigenvalue weighted by molar-refractivity contribution is 0.951. The minimum absolute atomic E-state index is 0. The van der Waals surface area contributed by atoms with E-state index >= 15 is 0 Å². The summed E-state index contributed by atoms with van der Waals surface area (Å²) in [6.07, 6.45) is 2.28. The van der Waals surface area contributed by atoms with Gasteiger partial charge in [0, 0.05) is 22.2 Å². The van der Waals surface area contributed by atoms with Gasteiger partial charge in [0.1, 0.15) is 5.84 Å². The maximum absolute atomic E-state index is 4.36. The summed E-state index contributed by atoms with van der Waals surface area (Å²) >= 11 is 2.30. The van der Waals surface area contributed by atoms with Gasteiger partial charge in [0.05, 0.1) is 0 Å². The van der Waals surface area contributed by atoms with Gasteiger partial charge in [-0.15, -0.1) is 12.4 Å². The zero-order chi connectivity index (χ0) is 9.10. The van der Waals surface area contributed by atoms with Crippen LogP contribution in [0.15, 0.2) is 29.3 Å². The normalized spacial score (nSPS) is 14.5. The van der Waals surface area contributed by atoms with Gasteiger partial charge in [0.25, 0.3) is 0 Å². The number of rotatable bonds is 1. The van der Waals surface area contributed by atoms with Crippen molar-refractivity contribution in [1.29, 1.82) is 0 Å². The van der Waals surface area contributed by atoms with Gasteiger partial charge in [-0.1, -0.05) is 0 Å². The van der Waals surface area contributed by atoms with E-state index in [-0.39, 0.29) is 12.4 Å². The Hall–Kier alpha value is -0.290. The summed E-state index contributed by atoms with van der Waals surface area (Å²) < 4.78 is 1.26. The molecule has 1 heterocycles. The molecule has 1 aliphatic rings. The summed E-state index contributed by atoms with van der Waals surface area (Å²) in [6, 6.07) is 8.36. The first kappa shape index (κ1) is 11.8. The first-order valence-electron chi connectivity index (χ1n) is 4.40. The van der Waals surface area contributed by atoms with Crippen molar-refractivity contribution in [2.45, 2.75) is 12.8 Å². The highest BCUT2D eigenvalue weighted by molar-refractivity contribution is 14.1. The molecular weight excluding hydrogens is 310 g/mol. The Morgan fingerprint density at radius 1 is 1.21 bits per heavy atom. The van der Waals surface area contributed by atoms with Crippen LogP contribution in [-0.2, 0) is 0 Å². The molecule has 0 unspecified atom stereocenters. The molecule has 0 saturated heterocycles. The number of hydrogen-bond acceptors (Lipinski definition) is 2. The molecule has 1 aliphatic heterocycles. The summed E-state index contributed by atoms with van der Waals surface area (Å²) in [4.78, 5) is 4.36. The molecule has 4 heteroatoms. The third kappa shape index (κ3) is 3.13. The molecule has 0 saturated carbocycles. The van der Waals surface area contributed by atoms with Crippen molar-refractivity contribution >= 4 is 46.5 Å². The van der Waals surface area contributed by atoms with Crippen LogP contribution in [0.1, 0.15) is 12.8 Å². The molecule has 2 rings (SSSR count). The van der Waals surface area contributed by atoms with Crippen molar-refractivity contribution in [1.82, 2.24) is 0 Å². The Bertz CT molecular complexity index is 321. The Morgan fingerprint density at radius 3 is 2.50 bits per heavy atom. The second kappa shape index (κ2) is 5.56. The second-order valence-electron chi connectivity index (χ2n) is 3.06. The predicted octanol–water partition coefficient (Wildman–Crippen LogP) is 3.32. The number of halogens is 2. The molecule has 0 amide bonds. The zero-order valence-electron chi connectivity index (χ0n) is 7.66. The maximum Gasteiger partial charge on any atom is 0.101 e. The monoisotopic (exact) mass is 322 g/mol. The number of aliphatic imine (C=N–C) groups is 1. The molecule has 0 fully saturated rings. The van der Waals surface area contributed by atoms with E-state index in [4.69, 9.17) is 0 Å². The van der Waals surface area contributed by atoms with E-state index < -0.39 is 0 Å². The number of benzene rings is 1. The lowest BCUT2D eigenvalue weighted by atomic mass is 10.3. The van der Waals surface area contributed by atoms with Crippen molar-refractivity contribution in [3.8, 4) is 0 Å². The molecule has 0 bridgehead atoms. The van der Waals surface area contributed by atoms with Crippen LogP contribution in [0.2, 0.25) is 0 Å². The minimum atomic E-state index is 0. The highest BCUT2D eigenvalue weighted by Gasteiger charge is 2.05. The first-order valence-corrected chi connectivity index (χ1v) is 5.48. The summed E-state index contributed by atoms with van der Waals surface area (Å²) in [5.41, 5.74) is 1.14. The average Bonchev–Trinajstić information content (AvgIpc) is 2.62. The van der Waals surface area contributed by atoms with Gasteiger partial charge in [-0.2, -0.15) is 0 Å². The van der Waals surface area contributed by atoms with Crippen LogP contribution < -0.4 is 5.32 Å². The topological polar surface area (TPSA) is 24.4 Å². The largest absolute Gasteiger partial charge is 0.344 e. The third-order valence-electron chi connectivity index (χ3n) is 2.01. The summed E-state index contributed by atoms with van der Waals surface area (Å²) in [7, 11) is 0. The van der Waals surface area contributed by atoms with E-state index in [0.717, 1.165) is 24.5 Å². The quantitative estimate of drug-likeness (QED) is 0.788. The fraction of sp³-hybridized carbons (Fsp3) is 0.300. The minimum Gasteiger partial charge on any atom is -0.344 e. The van der Waals surface area contributed by atoms with E-state index in [1.807, 2.05) is 0 Å². The number of anilines is 1. The van der Waals surface area contributed by atoms with Crippen LogP contribution in [-0.4, -0.2) is 12.4 Å². The van der Waals surface area contributed by atoms with Gasteiger partial charge in [0.15, 0.2) is 0 Å². The molecule has 1 aromatic rings. The Kier molecular flexibility index (Phi) is 4.68. The smallest absolute Gasteiger partial charge is 0.101 e. The Labute approximate surface area is 104 Å². The van der Waals surface area contributed by atoms with E-state index in [2.05, 4.69) is 57.2 Å². The van der Waals surface area contributed by atoms with Crippen LogP contribution in [0.4, 0.5) is 5.69 Å². The Morgan fingerprint density at radius 2 is 1.93 bits per heavy atom. The van der Waals surface area contributed by atoms with Crippen LogP contribution in [0.25, 0.3) is 0 Å². The lowest BCUT2D eigenvalue weighted by Gasteiger charge is -2.04. The lowest BCUT2D eigenvalue weighted by Crippen LogP contribution is -2.07. The molecule has 76 valence electrons.